The maximum Gasteiger partial charge on any atom is 0.0945 e. The first-order valence-corrected chi connectivity index (χ1v) is 6.98. The second-order valence-corrected chi connectivity index (χ2v) is 5.76. The van der Waals surface area contributed by atoms with Crippen LogP contribution in [0.1, 0.15) is 45.8 Å². The van der Waals surface area contributed by atoms with Crippen molar-refractivity contribution in [2.24, 2.45) is 11.8 Å². The fourth-order valence-electron chi connectivity index (χ4n) is 2.11. The fraction of sp³-hybridized carbons (Fsp3) is 0.625. The van der Waals surface area contributed by atoms with Crippen molar-refractivity contribution < 1.29 is 5.11 Å². The van der Waals surface area contributed by atoms with Crippen molar-refractivity contribution in [2.45, 2.75) is 46.3 Å². The van der Waals surface area contributed by atoms with E-state index in [1.165, 1.54) is 0 Å². The third kappa shape index (κ3) is 4.79. The van der Waals surface area contributed by atoms with Gasteiger partial charge in [-0.25, -0.2) is 0 Å². The van der Waals surface area contributed by atoms with Crippen molar-refractivity contribution in [3.05, 3.63) is 35.9 Å². The van der Waals surface area contributed by atoms with Crippen LogP contribution in [0.3, 0.4) is 0 Å². The van der Waals surface area contributed by atoms with E-state index in [1.807, 2.05) is 30.3 Å². The number of hydrogen-bond donors (Lipinski definition) is 2. The molecule has 18 heavy (non-hydrogen) atoms. The molecule has 0 aliphatic rings. The monoisotopic (exact) mass is 249 g/mol. The van der Waals surface area contributed by atoms with Crippen LogP contribution in [0.5, 0.6) is 0 Å². The number of nitrogens with one attached hydrogen (secondary N) is 1. The Morgan fingerprint density at radius 3 is 2.17 bits per heavy atom. The van der Waals surface area contributed by atoms with Crippen molar-refractivity contribution in [1.82, 2.24) is 5.32 Å². The van der Waals surface area contributed by atoms with E-state index in [0.29, 0.717) is 11.8 Å². The van der Waals surface area contributed by atoms with Crippen LogP contribution in [-0.2, 0) is 0 Å². The number of benzene rings is 1. The Kier molecular flexibility index (Phi) is 6.37. The Morgan fingerprint density at radius 2 is 1.67 bits per heavy atom. The van der Waals surface area contributed by atoms with E-state index in [4.69, 9.17) is 0 Å². The van der Waals surface area contributed by atoms with Gasteiger partial charge in [0, 0.05) is 6.04 Å². The molecule has 0 saturated heterocycles. The van der Waals surface area contributed by atoms with Gasteiger partial charge < -0.3 is 10.4 Å². The highest BCUT2D eigenvalue weighted by Crippen LogP contribution is 2.21. The van der Waals surface area contributed by atoms with Crippen molar-refractivity contribution in [3.63, 3.8) is 0 Å². The molecule has 1 aromatic carbocycles. The molecule has 0 amide bonds. The standard InChI is InChI=1S/C16H27NO/c1-12(2)10-11-17-15(13(3)4)16(18)14-8-6-5-7-9-14/h5-9,12-13,15-18H,10-11H2,1-4H3. The van der Waals surface area contributed by atoms with E-state index >= 15 is 0 Å². The van der Waals surface area contributed by atoms with Crippen molar-refractivity contribution in [1.29, 1.82) is 0 Å². The second-order valence-electron chi connectivity index (χ2n) is 5.76. The highest BCUT2D eigenvalue weighted by Gasteiger charge is 2.23. The normalized spacial score (nSPS) is 15.1. The van der Waals surface area contributed by atoms with Gasteiger partial charge >= 0.3 is 0 Å². The summed E-state index contributed by atoms with van der Waals surface area (Å²) in [4.78, 5) is 0. The summed E-state index contributed by atoms with van der Waals surface area (Å²) >= 11 is 0. The third-order valence-corrected chi connectivity index (χ3v) is 3.30. The molecular formula is C16H27NO. The Balaban J connectivity index is 2.61. The van der Waals surface area contributed by atoms with Crippen molar-refractivity contribution in [3.8, 4) is 0 Å². The molecule has 2 N–H and O–H groups in total. The molecule has 0 aliphatic heterocycles. The number of rotatable bonds is 7. The van der Waals surface area contributed by atoms with Crippen LogP contribution < -0.4 is 5.32 Å². The minimum Gasteiger partial charge on any atom is -0.387 e. The molecule has 2 atom stereocenters. The van der Waals surface area contributed by atoms with Gasteiger partial charge in [-0.05, 0) is 30.4 Å². The average molecular weight is 249 g/mol. The third-order valence-electron chi connectivity index (χ3n) is 3.30. The molecule has 0 bridgehead atoms. The van der Waals surface area contributed by atoms with E-state index in [0.717, 1.165) is 18.5 Å². The molecule has 0 aromatic heterocycles. The molecule has 0 fully saturated rings. The van der Waals surface area contributed by atoms with Crippen molar-refractivity contribution >= 4 is 0 Å². The van der Waals surface area contributed by atoms with E-state index in [-0.39, 0.29) is 6.04 Å². The van der Waals surface area contributed by atoms with Gasteiger partial charge in [0.25, 0.3) is 0 Å². The Morgan fingerprint density at radius 1 is 1.06 bits per heavy atom. The lowest BCUT2D eigenvalue weighted by Gasteiger charge is -2.28. The summed E-state index contributed by atoms with van der Waals surface area (Å²) in [5.41, 5.74) is 0.994. The molecule has 0 saturated carbocycles. The summed E-state index contributed by atoms with van der Waals surface area (Å²) in [7, 11) is 0. The zero-order chi connectivity index (χ0) is 13.5. The number of aliphatic hydroxyl groups is 1. The van der Waals surface area contributed by atoms with E-state index in [9.17, 15) is 5.11 Å². The van der Waals surface area contributed by atoms with Gasteiger partial charge in [-0.2, -0.15) is 0 Å². The summed E-state index contributed by atoms with van der Waals surface area (Å²) in [6.45, 7) is 9.71. The van der Waals surface area contributed by atoms with Crippen LogP contribution in [0.25, 0.3) is 0 Å². The van der Waals surface area contributed by atoms with Crippen LogP contribution in [0.2, 0.25) is 0 Å². The summed E-state index contributed by atoms with van der Waals surface area (Å²) in [6.07, 6.45) is 0.712. The lowest BCUT2D eigenvalue weighted by molar-refractivity contribution is 0.104. The minimum atomic E-state index is -0.432. The predicted octanol–water partition coefficient (Wildman–Crippen LogP) is 3.38. The first-order valence-electron chi connectivity index (χ1n) is 6.98. The van der Waals surface area contributed by atoms with Gasteiger partial charge in [0.05, 0.1) is 6.10 Å². The van der Waals surface area contributed by atoms with Gasteiger partial charge in [-0.1, -0.05) is 58.0 Å². The average Bonchev–Trinajstić information content (AvgIpc) is 2.34. The molecule has 0 spiro atoms. The zero-order valence-electron chi connectivity index (χ0n) is 12.1. The van der Waals surface area contributed by atoms with Crippen LogP contribution in [0, 0.1) is 11.8 Å². The zero-order valence-corrected chi connectivity index (χ0v) is 12.1. The lowest BCUT2D eigenvalue weighted by atomic mass is 9.93. The van der Waals surface area contributed by atoms with Gasteiger partial charge in [-0.3, -0.25) is 0 Å². The minimum absolute atomic E-state index is 0.117. The highest BCUT2D eigenvalue weighted by atomic mass is 16.3. The number of hydrogen-bond acceptors (Lipinski definition) is 2. The molecule has 0 aliphatic carbocycles. The molecule has 0 heterocycles. The second kappa shape index (κ2) is 7.55. The quantitative estimate of drug-likeness (QED) is 0.776. The van der Waals surface area contributed by atoms with Crippen LogP contribution in [0.15, 0.2) is 30.3 Å². The van der Waals surface area contributed by atoms with Crippen LogP contribution >= 0.6 is 0 Å². The lowest BCUT2D eigenvalue weighted by Crippen LogP contribution is -2.40. The molecule has 0 radical (unpaired) electrons. The predicted molar refractivity (Wildman–Crippen MR) is 77.5 cm³/mol. The maximum absolute atomic E-state index is 10.5. The molecule has 1 aromatic rings. The smallest absolute Gasteiger partial charge is 0.0945 e. The molecular weight excluding hydrogens is 222 g/mol. The van der Waals surface area contributed by atoms with Gasteiger partial charge in [0.15, 0.2) is 0 Å². The van der Waals surface area contributed by atoms with Crippen molar-refractivity contribution in [2.75, 3.05) is 6.54 Å². The SMILES string of the molecule is CC(C)CCNC(C(C)C)C(O)c1ccccc1. The summed E-state index contributed by atoms with van der Waals surface area (Å²) in [5.74, 6) is 1.10. The summed E-state index contributed by atoms with van der Waals surface area (Å²) in [6, 6.07) is 10.0. The first-order chi connectivity index (χ1) is 8.52. The Hall–Kier alpha value is -0.860. The molecule has 102 valence electrons. The summed E-state index contributed by atoms with van der Waals surface area (Å²) in [5, 5.41) is 14.0. The maximum atomic E-state index is 10.5. The van der Waals surface area contributed by atoms with E-state index < -0.39 is 6.10 Å². The van der Waals surface area contributed by atoms with Crippen LogP contribution in [0.4, 0.5) is 0 Å². The molecule has 2 nitrogen and oxygen atoms in total. The fourth-order valence-corrected chi connectivity index (χ4v) is 2.11. The molecule has 1 rings (SSSR count). The largest absolute Gasteiger partial charge is 0.387 e. The molecule has 2 unspecified atom stereocenters. The van der Waals surface area contributed by atoms with Gasteiger partial charge in [0.1, 0.15) is 0 Å². The number of aliphatic hydroxyl groups excluding tert-OH is 1. The highest BCUT2D eigenvalue weighted by molar-refractivity contribution is 5.19. The Bertz CT molecular complexity index is 321. The van der Waals surface area contributed by atoms with Gasteiger partial charge in [-0.15, -0.1) is 0 Å². The van der Waals surface area contributed by atoms with E-state index in [2.05, 4.69) is 33.0 Å². The topological polar surface area (TPSA) is 32.3 Å². The molecule has 2 heteroatoms. The van der Waals surface area contributed by atoms with Crippen LogP contribution in [-0.4, -0.2) is 17.7 Å². The van der Waals surface area contributed by atoms with Gasteiger partial charge in [0.2, 0.25) is 0 Å². The summed E-state index contributed by atoms with van der Waals surface area (Å²) < 4.78 is 0. The van der Waals surface area contributed by atoms with E-state index in [1.54, 1.807) is 0 Å². The Labute approximate surface area is 111 Å². The first kappa shape index (κ1) is 15.2.